The second kappa shape index (κ2) is 7.91. The number of ketones is 1. The normalized spacial score (nSPS) is 10.0. The molecule has 0 aliphatic rings. The summed E-state index contributed by atoms with van der Waals surface area (Å²) in [6.07, 6.45) is -1.01. The van der Waals surface area contributed by atoms with Crippen LogP contribution in [0, 0.1) is 10.1 Å². The van der Waals surface area contributed by atoms with Crippen molar-refractivity contribution < 1.29 is 24.0 Å². The third-order valence-electron chi connectivity index (χ3n) is 2.12. The molecular formula is C11H10BrClN2O6. The minimum atomic E-state index is -1.01. The lowest BCUT2D eigenvalue weighted by atomic mass is 10.3. The van der Waals surface area contributed by atoms with Crippen molar-refractivity contribution >= 4 is 45.1 Å². The van der Waals surface area contributed by atoms with Crippen LogP contribution in [0.3, 0.4) is 0 Å². The smallest absolute Gasteiger partial charge is 0.402 e. The summed E-state index contributed by atoms with van der Waals surface area (Å²) in [6.45, 7) is -0.475. The SMILES string of the molecule is COCC(=O)CNC(=O)Oc1c(Br)cc(Cl)cc1[N+](=O)[O-]. The van der Waals surface area contributed by atoms with Gasteiger partial charge in [0.1, 0.15) is 6.61 Å². The molecule has 0 fully saturated rings. The number of rotatable bonds is 6. The molecule has 0 spiro atoms. The zero-order valence-corrected chi connectivity index (χ0v) is 13.1. The van der Waals surface area contributed by atoms with E-state index in [4.69, 9.17) is 16.3 Å². The van der Waals surface area contributed by atoms with E-state index in [-0.39, 0.29) is 34.2 Å². The number of Topliss-reactive ketones (excluding diaryl/α,β-unsaturated/α-hetero) is 1. The molecule has 1 aromatic carbocycles. The first kappa shape index (κ1) is 17.3. The molecule has 1 amide bonds. The van der Waals surface area contributed by atoms with Gasteiger partial charge >= 0.3 is 11.8 Å². The molecule has 0 aliphatic carbocycles. The lowest BCUT2D eigenvalue weighted by Gasteiger charge is -2.08. The van der Waals surface area contributed by atoms with Crippen molar-refractivity contribution in [1.29, 1.82) is 0 Å². The number of nitro groups is 1. The van der Waals surface area contributed by atoms with Crippen LogP contribution in [0.15, 0.2) is 16.6 Å². The van der Waals surface area contributed by atoms with E-state index in [0.717, 1.165) is 6.07 Å². The van der Waals surface area contributed by atoms with Crippen molar-refractivity contribution in [2.45, 2.75) is 0 Å². The number of benzene rings is 1. The number of hydrogen-bond donors (Lipinski definition) is 1. The number of ether oxygens (including phenoxy) is 2. The Hall–Kier alpha value is -1.71. The van der Waals surface area contributed by atoms with Crippen LogP contribution in [-0.4, -0.2) is 37.1 Å². The molecular weight excluding hydrogens is 371 g/mol. The highest BCUT2D eigenvalue weighted by molar-refractivity contribution is 9.10. The number of nitrogens with one attached hydrogen (secondary N) is 1. The maximum absolute atomic E-state index is 11.5. The predicted octanol–water partition coefficient (Wildman–Crippen LogP) is 2.31. The van der Waals surface area contributed by atoms with Gasteiger partial charge in [0.05, 0.1) is 15.9 Å². The molecule has 0 saturated heterocycles. The number of amides is 1. The number of methoxy groups -OCH3 is 1. The van der Waals surface area contributed by atoms with Crippen LogP contribution in [0.4, 0.5) is 10.5 Å². The summed E-state index contributed by atoms with van der Waals surface area (Å²) < 4.78 is 9.55. The van der Waals surface area contributed by atoms with Gasteiger partial charge in [-0.25, -0.2) is 4.79 Å². The molecule has 0 heterocycles. The lowest BCUT2D eigenvalue weighted by Crippen LogP contribution is -2.33. The van der Waals surface area contributed by atoms with E-state index < -0.39 is 16.7 Å². The maximum atomic E-state index is 11.5. The van der Waals surface area contributed by atoms with Gasteiger partial charge in [-0.05, 0) is 22.0 Å². The molecule has 114 valence electrons. The van der Waals surface area contributed by atoms with Gasteiger partial charge in [0, 0.05) is 18.2 Å². The molecule has 21 heavy (non-hydrogen) atoms. The van der Waals surface area contributed by atoms with E-state index in [9.17, 15) is 19.7 Å². The fraction of sp³-hybridized carbons (Fsp3) is 0.273. The van der Waals surface area contributed by atoms with Gasteiger partial charge in [0.2, 0.25) is 5.75 Å². The molecule has 8 nitrogen and oxygen atoms in total. The van der Waals surface area contributed by atoms with Crippen LogP contribution >= 0.6 is 27.5 Å². The van der Waals surface area contributed by atoms with E-state index in [1.54, 1.807) is 0 Å². The van der Waals surface area contributed by atoms with Crippen molar-refractivity contribution in [1.82, 2.24) is 5.32 Å². The summed E-state index contributed by atoms with van der Waals surface area (Å²) in [6, 6.07) is 2.39. The summed E-state index contributed by atoms with van der Waals surface area (Å²) in [5, 5.41) is 13.2. The fourth-order valence-corrected chi connectivity index (χ4v) is 2.17. The average molecular weight is 382 g/mol. The summed E-state index contributed by atoms with van der Waals surface area (Å²) in [5.41, 5.74) is -0.479. The molecule has 10 heteroatoms. The number of halogens is 2. The second-order valence-electron chi connectivity index (χ2n) is 3.71. The quantitative estimate of drug-likeness (QED) is 0.598. The number of nitro benzene ring substituents is 1. The van der Waals surface area contributed by atoms with Gasteiger partial charge < -0.3 is 14.8 Å². The van der Waals surface area contributed by atoms with Crippen LogP contribution in [0.2, 0.25) is 5.02 Å². The first-order valence-electron chi connectivity index (χ1n) is 5.45. The third-order valence-corrected chi connectivity index (χ3v) is 2.92. The molecule has 0 atom stereocenters. The zero-order valence-electron chi connectivity index (χ0n) is 10.7. The first-order valence-corrected chi connectivity index (χ1v) is 6.62. The molecule has 0 saturated carbocycles. The van der Waals surface area contributed by atoms with Crippen LogP contribution in [-0.2, 0) is 9.53 Å². The molecule has 0 aliphatic heterocycles. The Kier molecular flexibility index (Phi) is 6.53. The average Bonchev–Trinajstić information content (AvgIpc) is 2.39. The summed E-state index contributed by atoms with van der Waals surface area (Å²) >= 11 is 8.71. The Morgan fingerprint density at radius 1 is 1.48 bits per heavy atom. The van der Waals surface area contributed by atoms with Gasteiger partial charge in [-0.3, -0.25) is 14.9 Å². The Morgan fingerprint density at radius 2 is 2.14 bits per heavy atom. The van der Waals surface area contributed by atoms with Gasteiger partial charge in [0.25, 0.3) is 0 Å². The van der Waals surface area contributed by atoms with Crippen LogP contribution in [0.25, 0.3) is 0 Å². The Morgan fingerprint density at radius 3 is 2.71 bits per heavy atom. The van der Waals surface area contributed by atoms with Gasteiger partial charge in [0.15, 0.2) is 5.78 Å². The van der Waals surface area contributed by atoms with Gasteiger partial charge in [-0.1, -0.05) is 11.6 Å². The molecule has 0 radical (unpaired) electrons. The van der Waals surface area contributed by atoms with E-state index in [2.05, 4.69) is 26.0 Å². The summed E-state index contributed by atoms with van der Waals surface area (Å²) in [7, 11) is 1.34. The lowest BCUT2D eigenvalue weighted by molar-refractivity contribution is -0.385. The number of hydrogen-bond acceptors (Lipinski definition) is 6. The molecule has 0 bridgehead atoms. The van der Waals surface area contributed by atoms with Crippen molar-refractivity contribution in [3.05, 3.63) is 31.7 Å². The standard InChI is InChI=1S/C11H10BrClN2O6/c1-20-5-7(16)4-14-11(17)21-10-8(12)2-6(13)3-9(10)15(18)19/h2-3H,4-5H2,1H3,(H,14,17). The number of nitrogens with zero attached hydrogens (tertiary/aromatic N) is 1. The van der Waals surface area contributed by atoms with Crippen molar-refractivity contribution in [2.75, 3.05) is 20.3 Å². The highest BCUT2D eigenvalue weighted by Gasteiger charge is 2.22. The summed E-state index contributed by atoms with van der Waals surface area (Å²) in [5.74, 6) is -0.680. The fourth-order valence-electron chi connectivity index (χ4n) is 1.29. The number of carbonyl (C=O) groups is 2. The molecule has 1 rings (SSSR count). The summed E-state index contributed by atoms with van der Waals surface area (Å²) in [4.78, 5) is 32.8. The number of carbonyl (C=O) groups excluding carboxylic acids is 2. The van der Waals surface area contributed by atoms with E-state index in [0.29, 0.717) is 0 Å². The minimum absolute atomic E-state index is 0.108. The Balaban J connectivity index is 2.80. The van der Waals surface area contributed by atoms with Gasteiger partial charge in [-0.2, -0.15) is 0 Å². The molecule has 0 unspecified atom stereocenters. The van der Waals surface area contributed by atoms with Gasteiger partial charge in [-0.15, -0.1) is 0 Å². The maximum Gasteiger partial charge on any atom is 0.413 e. The highest BCUT2D eigenvalue weighted by atomic mass is 79.9. The van der Waals surface area contributed by atoms with E-state index >= 15 is 0 Å². The second-order valence-corrected chi connectivity index (χ2v) is 5.00. The monoisotopic (exact) mass is 380 g/mol. The molecule has 1 aromatic rings. The first-order chi connectivity index (χ1) is 9.85. The predicted molar refractivity (Wildman–Crippen MR) is 76.7 cm³/mol. The van der Waals surface area contributed by atoms with Crippen LogP contribution < -0.4 is 10.1 Å². The molecule has 1 N–H and O–H groups in total. The highest BCUT2D eigenvalue weighted by Crippen LogP contribution is 2.37. The van der Waals surface area contributed by atoms with Crippen molar-refractivity contribution in [3.63, 3.8) is 0 Å². The van der Waals surface area contributed by atoms with Crippen molar-refractivity contribution in [3.8, 4) is 5.75 Å². The Labute approximate surface area is 132 Å². The molecule has 0 aromatic heterocycles. The Bertz CT molecular complexity index is 580. The van der Waals surface area contributed by atoms with Crippen molar-refractivity contribution in [2.24, 2.45) is 0 Å². The third kappa shape index (κ3) is 5.29. The van der Waals surface area contributed by atoms with E-state index in [1.165, 1.54) is 13.2 Å². The zero-order chi connectivity index (χ0) is 16.0. The van der Waals surface area contributed by atoms with Crippen LogP contribution in [0.1, 0.15) is 0 Å². The topological polar surface area (TPSA) is 108 Å². The van der Waals surface area contributed by atoms with E-state index in [1.807, 2.05) is 0 Å². The van der Waals surface area contributed by atoms with Crippen LogP contribution in [0.5, 0.6) is 5.75 Å². The minimum Gasteiger partial charge on any atom is -0.402 e. The largest absolute Gasteiger partial charge is 0.413 e.